The summed E-state index contributed by atoms with van der Waals surface area (Å²) in [6, 6.07) is 15.5. The van der Waals surface area contributed by atoms with Gasteiger partial charge in [0, 0.05) is 12.8 Å². The molecule has 2 aromatic carbocycles. The fraction of sp³-hybridized carbons (Fsp3) is 0.250. The molecule has 0 saturated heterocycles. The molecule has 0 radical (unpaired) electrons. The quantitative estimate of drug-likeness (QED) is 0.819. The maximum atomic E-state index is 13.1. The lowest BCUT2D eigenvalue weighted by molar-refractivity contribution is -0.121. The number of hydrogen-bond acceptors (Lipinski definition) is 2. The molecule has 2 rings (SSSR count). The topological polar surface area (TPSA) is 49.3 Å². The van der Waals surface area contributed by atoms with E-state index in [2.05, 4.69) is 5.32 Å². The molecular formula is C20H22FNO2. The minimum Gasteiger partial charge on any atom is -0.391 e. The molecule has 2 atom stereocenters. The number of hydrogen-bond donors (Lipinski definition) is 2. The van der Waals surface area contributed by atoms with Crippen LogP contribution in [-0.2, 0) is 11.2 Å². The summed E-state index contributed by atoms with van der Waals surface area (Å²) in [5, 5.41) is 13.0. The second-order valence-electron chi connectivity index (χ2n) is 5.77. The number of benzene rings is 2. The molecular weight excluding hydrogens is 305 g/mol. The van der Waals surface area contributed by atoms with E-state index in [9.17, 15) is 14.3 Å². The van der Waals surface area contributed by atoms with Crippen LogP contribution in [0.25, 0.3) is 6.08 Å². The lowest BCUT2D eigenvalue weighted by Gasteiger charge is -2.20. The number of carbonyl (C=O) groups is 1. The second-order valence-corrected chi connectivity index (χ2v) is 5.77. The molecule has 0 heterocycles. The van der Waals surface area contributed by atoms with Crippen LogP contribution in [0.4, 0.5) is 4.39 Å². The van der Waals surface area contributed by atoms with Crippen LogP contribution in [0.15, 0.2) is 60.7 Å². The van der Waals surface area contributed by atoms with Crippen molar-refractivity contribution in [2.24, 2.45) is 0 Å². The van der Waals surface area contributed by atoms with Crippen LogP contribution in [0.2, 0.25) is 0 Å². The average molecular weight is 327 g/mol. The first kappa shape index (κ1) is 17.9. The van der Waals surface area contributed by atoms with E-state index in [1.165, 1.54) is 12.1 Å². The number of aliphatic hydroxyl groups is 1. The third kappa shape index (κ3) is 5.97. The lowest BCUT2D eigenvalue weighted by atomic mass is 10.0. The molecule has 0 aliphatic carbocycles. The van der Waals surface area contributed by atoms with E-state index in [1.54, 1.807) is 31.2 Å². The molecule has 0 aliphatic rings. The Morgan fingerprint density at radius 1 is 1.21 bits per heavy atom. The van der Waals surface area contributed by atoms with Gasteiger partial charge in [0.25, 0.3) is 0 Å². The predicted octanol–water partition coefficient (Wildman–Crippen LogP) is 3.34. The Morgan fingerprint density at radius 3 is 2.67 bits per heavy atom. The molecule has 0 aliphatic heterocycles. The Labute approximate surface area is 141 Å². The molecule has 4 heteroatoms. The average Bonchev–Trinajstić information content (AvgIpc) is 2.55. The maximum absolute atomic E-state index is 13.1. The van der Waals surface area contributed by atoms with Gasteiger partial charge in [-0.2, -0.15) is 0 Å². The van der Waals surface area contributed by atoms with Crippen molar-refractivity contribution in [3.8, 4) is 0 Å². The molecule has 2 aromatic rings. The number of aliphatic hydroxyl groups excluding tert-OH is 1. The van der Waals surface area contributed by atoms with Gasteiger partial charge >= 0.3 is 0 Å². The van der Waals surface area contributed by atoms with Crippen molar-refractivity contribution in [1.82, 2.24) is 5.32 Å². The highest BCUT2D eigenvalue weighted by molar-refractivity contribution is 5.78. The first-order valence-electron chi connectivity index (χ1n) is 7.98. The highest BCUT2D eigenvalue weighted by atomic mass is 19.1. The lowest BCUT2D eigenvalue weighted by Crippen LogP contribution is -2.41. The summed E-state index contributed by atoms with van der Waals surface area (Å²) in [5.41, 5.74) is 1.73. The van der Waals surface area contributed by atoms with Gasteiger partial charge in [-0.05, 0) is 30.2 Å². The Balaban J connectivity index is 1.78. The molecule has 1 amide bonds. The Bertz CT molecular complexity index is 685. The second kappa shape index (κ2) is 8.99. The fourth-order valence-electron chi connectivity index (χ4n) is 2.35. The molecule has 0 aromatic heterocycles. The first-order valence-corrected chi connectivity index (χ1v) is 7.98. The largest absolute Gasteiger partial charge is 0.391 e. The maximum Gasteiger partial charge on any atom is 0.224 e. The van der Waals surface area contributed by atoms with E-state index in [0.717, 1.165) is 5.56 Å². The van der Waals surface area contributed by atoms with Crippen LogP contribution in [0, 0.1) is 5.82 Å². The standard InChI is InChI=1S/C20H22FNO2/c1-15(19(23)14-17-7-3-2-4-8-17)22-20(24)12-6-10-16-9-5-11-18(21)13-16/h2-11,13,15,19,23H,12,14H2,1H3,(H,22,24). The van der Waals surface area contributed by atoms with E-state index >= 15 is 0 Å². The van der Waals surface area contributed by atoms with Gasteiger partial charge in [-0.3, -0.25) is 4.79 Å². The van der Waals surface area contributed by atoms with Crippen molar-refractivity contribution in [1.29, 1.82) is 0 Å². The van der Waals surface area contributed by atoms with Gasteiger partial charge in [0.1, 0.15) is 5.82 Å². The van der Waals surface area contributed by atoms with Crippen LogP contribution in [0.1, 0.15) is 24.5 Å². The Hall–Kier alpha value is -2.46. The summed E-state index contributed by atoms with van der Waals surface area (Å²) in [7, 11) is 0. The molecule has 0 saturated carbocycles. The normalized spacial score (nSPS) is 13.6. The highest BCUT2D eigenvalue weighted by Crippen LogP contribution is 2.07. The molecule has 0 spiro atoms. The summed E-state index contributed by atoms with van der Waals surface area (Å²) in [5.74, 6) is -0.485. The van der Waals surface area contributed by atoms with Gasteiger partial charge in [-0.1, -0.05) is 54.6 Å². The van der Waals surface area contributed by atoms with Crippen molar-refractivity contribution in [2.45, 2.75) is 31.9 Å². The van der Waals surface area contributed by atoms with Gasteiger partial charge in [-0.25, -0.2) is 4.39 Å². The summed E-state index contributed by atoms with van der Waals surface area (Å²) in [4.78, 5) is 11.9. The minimum absolute atomic E-state index is 0.178. The third-order valence-corrected chi connectivity index (χ3v) is 3.72. The molecule has 0 fully saturated rings. The monoisotopic (exact) mass is 327 g/mol. The van der Waals surface area contributed by atoms with E-state index in [4.69, 9.17) is 0 Å². The smallest absolute Gasteiger partial charge is 0.224 e. The van der Waals surface area contributed by atoms with Gasteiger partial charge in [0.05, 0.1) is 12.1 Å². The zero-order chi connectivity index (χ0) is 17.4. The first-order chi connectivity index (χ1) is 11.5. The third-order valence-electron chi connectivity index (χ3n) is 3.72. The minimum atomic E-state index is -0.649. The molecule has 126 valence electrons. The van der Waals surface area contributed by atoms with Crippen LogP contribution in [-0.4, -0.2) is 23.2 Å². The van der Waals surface area contributed by atoms with E-state index in [1.807, 2.05) is 30.3 Å². The number of halogens is 1. The Morgan fingerprint density at radius 2 is 1.96 bits per heavy atom. The van der Waals surface area contributed by atoms with E-state index in [-0.39, 0.29) is 24.2 Å². The number of nitrogens with one attached hydrogen (secondary N) is 1. The van der Waals surface area contributed by atoms with Gasteiger partial charge in [0.2, 0.25) is 5.91 Å². The fourth-order valence-corrected chi connectivity index (χ4v) is 2.35. The molecule has 0 bridgehead atoms. The van der Waals surface area contributed by atoms with Gasteiger partial charge in [0.15, 0.2) is 0 Å². The van der Waals surface area contributed by atoms with Gasteiger partial charge < -0.3 is 10.4 Å². The highest BCUT2D eigenvalue weighted by Gasteiger charge is 2.16. The molecule has 3 nitrogen and oxygen atoms in total. The van der Waals surface area contributed by atoms with Gasteiger partial charge in [-0.15, -0.1) is 0 Å². The summed E-state index contributed by atoms with van der Waals surface area (Å²) in [6.07, 6.45) is 3.40. The summed E-state index contributed by atoms with van der Waals surface area (Å²) < 4.78 is 13.1. The zero-order valence-corrected chi connectivity index (χ0v) is 13.7. The van der Waals surface area contributed by atoms with Crippen molar-refractivity contribution < 1.29 is 14.3 Å². The van der Waals surface area contributed by atoms with Crippen molar-refractivity contribution in [2.75, 3.05) is 0 Å². The van der Waals surface area contributed by atoms with Crippen molar-refractivity contribution >= 4 is 12.0 Å². The molecule has 24 heavy (non-hydrogen) atoms. The SMILES string of the molecule is CC(NC(=O)CC=Cc1cccc(F)c1)C(O)Cc1ccccc1. The number of rotatable bonds is 7. The number of amides is 1. The predicted molar refractivity (Wildman–Crippen MR) is 93.8 cm³/mol. The van der Waals surface area contributed by atoms with Crippen LogP contribution >= 0.6 is 0 Å². The van der Waals surface area contributed by atoms with Crippen molar-refractivity contribution in [3.05, 3.63) is 77.6 Å². The van der Waals surface area contributed by atoms with Crippen LogP contribution in [0.3, 0.4) is 0 Å². The number of carbonyl (C=O) groups excluding carboxylic acids is 1. The zero-order valence-electron chi connectivity index (χ0n) is 13.7. The van der Waals surface area contributed by atoms with Crippen molar-refractivity contribution in [3.63, 3.8) is 0 Å². The van der Waals surface area contributed by atoms with E-state index < -0.39 is 6.10 Å². The van der Waals surface area contributed by atoms with Crippen LogP contribution in [0.5, 0.6) is 0 Å². The molecule has 2 unspecified atom stereocenters. The Kier molecular flexibility index (Phi) is 6.70. The van der Waals surface area contributed by atoms with Crippen LogP contribution < -0.4 is 5.32 Å². The van der Waals surface area contributed by atoms with E-state index in [0.29, 0.717) is 12.0 Å². The molecule has 2 N–H and O–H groups in total. The summed E-state index contributed by atoms with van der Waals surface area (Å²) >= 11 is 0. The summed E-state index contributed by atoms with van der Waals surface area (Å²) in [6.45, 7) is 1.78.